The van der Waals surface area contributed by atoms with Crippen LogP contribution in [0, 0.1) is 11.6 Å². The highest BCUT2D eigenvalue weighted by Crippen LogP contribution is 2.32. The third-order valence-electron chi connectivity index (χ3n) is 3.79. The number of carbonyl (C=O) groups is 1. The summed E-state index contributed by atoms with van der Waals surface area (Å²) in [6.45, 7) is 0.609. The molecule has 0 aliphatic carbocycles. The standard InChI is InChI=1S/C15H15F2N3O/c1-19-9-11(8-18-19)14-3-2-6-20(14)15(21)10-4-5-12(16)13(17)7-10/h4-5,7-9,14H,2-3,6H2,1H3/t14-/m0/s1. The zero-order chi connectivity index (χ0) is 15.0. The summed E-state index contributed by atoms with van der Waals surface area (Å²) >= 11 is 0. The van der Waals surface area contributed by atoms with Gasteiger partial charge in [-0.2, -0.15) is 5.10 Å². The molecule has 1 aromatic heterocycles. The fraction of sp³-hybridized carbons (Fsp3) is 0.333. The topological polar surface area (TPSA) is 38.1 Å². The Balaban J connectivity index is 1.87. The van der Waals surface area contributed by atoms with E-state index in [1.807, 2.05) is 13.2 Å². The average Bonchev–Trinajstić information content (AvgIpc) is 3.09. The van der Waals surface area contributed by atoms with Crippen molar-refractivity contribution < 1.29 is 13.6 Å². The second-order valence-corrected chi connectivity index (χ2v) is 5.23. The van der Waals surface area contributed by atoms with Gasteiger partial charge in [0.2, 0.25) is 0 Å². The Morgan fingerprint density at radius 2 is 2.14 bits per heavy atom. The largest absolute Gasteiger partial charge is 0.331 e. The van der Waals surface area contributed by atoms with Crippen LogP contribution in [0.1, 0.15) is 34.8 Å². The van der Waals surface area contributed by atoms with Crippen LogP contribution in [-0.4, -0.2) is 27.1 Å². The zero-order valence-corrected chi connectivity index (χ0v) is 11.6. The molecule has 4 nitrogen and oxygen atoms in total. The first kappa shape index (κ1) is 13.7. The number of benzene rings is 1. The molecule has 1 aromatic carbocycles. The van der Waals surface area contributed by atoms with Gasteiger partial charge in [0.15, 0.2) is 11.6 Å². The van der Waals surface area contributed by atoms with Crippen molar-refractivity contribution in [1.82, 2.24) is 14.7 Å². The lowest BCUT2D eigenvalue weighted by Crippen LogP contribution is -2.30. The van der Waals surface area contributed by atoms with Crippen LogP contribution in [0.3, 0.4) is 0 Å². The highest BCUT2D eigenvalue weighted by atomic mass is 19.2. The van der Waals surface area contributed by atoms with E-state index in [2.05, 4.69) is 5.10 Å². The molecule has 0 unspecified atom stereocenters. The van der Waals surface area contributed by atoms with Gasteiger partial charge in [-0.15, -0.1) is 0 Å². The maximum absolute atomic E-state index is 13.3. The van der Waals surface area contributed by atoms with Gasteiger partial charge in [0, 0.05) is 30.9 Å². The molecule has 1 saturated heterocycles. The molecule has 0 radical (unpaired) electrons. The van der Waals surface area contributed by atoms with Gasteiger partial charge in [-0.1, -0.05) is 0 Å². The number of hydrogen-bond donors (Lipinski definition) is 0. The van der Waals surface area contributed by atoms with Crippen molar-refractivity contribution in [2.75, 3.05) is 6.54 Å². The Morgan fingerprint density at radius 1 is 1.33 bits per heavy atom. The van der Waals surface area contributed by atoms with Crippen LogP contribution in [0.5, 0.6) is 0 Å². The summed E-state index contributed by atoms with van der Waals surface area (Å²) in [7, 11) is 1.82. The summed E-state index contributed by atoms with van der Waals surface area (Å²) in [5, 5.41) is 4.12. The van der Waals surface area contributed by atoms with E-state index in [0.29, 0.717) is 6.54 Å². The normalized spacial score (nSPS) is 18.2. The van der Waals surface area contributed by atoms with Crippen LogP contribution in [0.15, 0.2) is 30.6 Å². The number of amides is 1. The molecule has 1 amide bonds. The van der Waals surface area contributed by atoms with Crippen molar-refractivity contribution in [1.29, 1.82) is 0 Å². The average molecular weight is 291 g/mol. The predicted molar refractivity (Wildman–Crippen MR) is 72.6 cm³/mol. The third kappa shape index (κ3) is 2.53. The van der Waals surface area contributed by atoms with E-state index in [9.17, 15) is 13.6 Å². The van der Waals surface area contributed by atoms with Crippen LogP contribution in [0.25, 0.3) is 0 Å². The van der Waals surface area contributed by atoms with Crippen molar-refractivity contribution >= 4 is 5.91 Å². The van der Waals surface area contributed by atoms with Gasteiger partial charge >= 0.3 is 0 Å². The minimum absolute atomic E-state index is 0.0562. The fourth-order valence-electron chi connectivity index (χ4n) is 2.76. The summed E-state index contributed by atoms with van der Waals surface area (Å²) < 4.78 is 28.0. The molecule has 3 rings (SSSR count). The van der Waals surface area contributed by atoms with Crippen LogP contribution < -0.4 is 0 Å². The maximum atomic E-state index is 13.3. The zero-order valence-electron chi connectivity index (χ0n) is 11.6. The predicted octanol–water partition coefficient (Wildman–Crippen LogP) is 2.68. The minimum Gasteiger partial charge on any atom is -0.331 e. The lowest BCUT2D eigenvalue weighted by molar-refractivity contribution is 0.0735. The minimum atomic E-state index is -1.00. The number of likely N-dealkylation sites (tertiary alicyclic amines) is 1. The molecule has 6 heteroatoms. The first-order chi connectivity index (χ1) is 10.1. The quantitative estimate of drug-likeness (QED) is 0.853. The number of aromatic nitrogens is 2. The van der Waals surface area contributed by atoms with Crippen LogP contribution in [-0.2, 0) is 7.05 Å². The lowest BCUT2D eigenvalue weighted by Gasteiger charge is -2.24. The molecule has 0 saturated carbocycles. The maximum Gasteiger partial charge on any atom is 0.254 e. The van der Waals surface area contributed by atoms with Crippen LogP contribution in [0.4, 0.5) is 8.78 Å². The summed E-state index contributed by atoms with van der Waals surface area (Å²) in [5.41, 5.74) is 1.13. The summed E-state index contributed by atoms with van der Waals surface area (Å²) in [4.78, 5) is 14.2. The second kappa shape index (κ2) is 5.27. The van der Waals surface area contributed by atoms with Crippen molar-refractivity contribution in [2.24, 2.45) is 7.05 Å². The molecule has 1 aliphatic rings. The molecule has 1 fully saturated rings. The van der Waals surface area contributed by atoms with E-state index in [0.717, 1.165) is 30.5 Å². The highest BCUT2D eigenvalue weighted by Gasteiger charge is 2.31. The van der Waals surface area contributed by atoms with Gasteiger partial charge in [-0.3, -0.25) is 9.48 Å². The molecular weight excluding hydrogens is 276 g/mol. The van der Waals surface area contributed by atoms with Gasteiger partial charge in [0.25, 0.3) is 5.91 Å². The molecule has 0 spiro atoms. The number of nitrogens with zero attached hydrogens (tertiary/aromatic N) is 3. The summed E-state index contributed by atoms with van der Waals surface area (Å²) in [6, 6.07) is 3.20. The highest BCUT2D eigenvalue weighted by molar-refractivity contribution is 5.94. The van der Waals surface area contributed by atoms with E-state index < -0.39 is 11.6 Å². The molecule has 2 aromatic rings. The first-order valence-electron chi connectivity index (χ1n) is 6.81. The Kier molecular flexibility index (Phi) is 3.45. The first-order valence-corrected chi connectivity index (χ1v) is 6.81. The number of halogens is 2. The van der Waals surface area contributed by atoms with Gasteiger partial charge in [0.1, 0.15) is 0 Å². The van der Waals surface area contributed by atoms with Crippen molar-refractivity contribution in [3.05, 3.63) is 53.4 Å². The van der Waals surface area contributed by atoms with E-state index in [-0.39, 0.29) is 17.5 Å². The number of aryl methyl sites for hydroxylation is 1. The molecule has 1 aliphatic heterocycles. The number of hydrogen-bond acceptors (Lipinski definition) is 2. The molecule has 2 heterocycles. The molecule has 0 bridgehead atoms. The van der Waals surface area contributed by atoms with E-state index in [4.69, 9.17) is 0 Å². The molecule has 110 valence electrons. The third-order valence-corrected chi connectivity index (χ3v) is 3.79. The summed E-state index contributed by atoms with van der Waals surface area (Å²) in [5.74, 6) is -2.23. The van der Waals surface area contributed by atoms with Crippen LogP contribution >= 0.6 is 0 Å². The molecule has 0 N–H and O–H groups in total. The Morgan fingerprint density at radius 3 is 2.81 bits per heavy atom. The van der Waals surface area contributed by atoms with Gasteiger partial charge in [0.05, 0.1) is 12.2 Å². The Labute approximate surface area is 121 Å². The van der Waals surface area contributed by atoms with Crippen molar-refractivity contribution in [3.8, 4) is 0 Å². The lowest BCUT2D eigenvalue weighted by atomic mass is 10.1. The van der Waals surface area contributed by atoms with E-state index >= 15 is 0 Å². The van der Waals surface area contributed by atoms with Crippen molar-refractivity contribution in [2.45, 2.75) is 18.9 Å². The van der Waals surface area contributed by atoms with Gasteiger partial charge in [-0.05, 0) is 31.0 Å². The van der Waals surface area contributed by atoms with Crippen LogP contribution in [0.2, 0.25) is 0 Å². The second-order valence-electron chi connectivity index (χ2n) is 5.23. The Hall–Kier alpha value is -2.24. The van der Waals surface area contributed by atoms with Gasteiger partial charge in [-0.25, -0.2) is 8.78 Å². The fourth-order valence-corrected chi connectivity index (χ4v) is 2.76. The monoisotopic (exact) mass is 291 g/mol. The number of rotatable bonds is 2. The summed E-state index contributed by atoms with van der Waals surface area (Å²) in [6.07, 6.45) is 5.35. The smallest absolute Gasteiger partial charge is 0.254 e. The van der Waals surface area contributed by atoms with Gasteiger partial charge < -0.3 is 4.90 Å². The SMILES string of the molecule is Cn1cc([C@@H]2CCCN2C(=O)c2ccc(F)c(F)c2)cn1. The van der Waals surface area contributed by atoms with Crippen molar-refractivity contribution in [3.63, 3.8) is 0 Å². The van der Waals surface area contributed by atoms with E-state index in [1.54, 1.807) is 15.8 Å². The molecule has 21 heavy (non-hydrogen) atoms. The Bertz CT molecular complexity index is 683. The van der Waals surface area contributed by atoms with E-state index in [1.165, 1.54) is 6.07 Å². The molecular formula is C15H15F2N3O. The number of carbonyl (C=O) groups excluding carboxylic acids is 1. The molecule has 1 atom stereocenters.